The summed E-state index contributed by atoms with van der Waals surface area (Å²) in [7, 11) is 1.61. The third-order valence-corrected chi connectivity index (χ3v) is 5.48. The van der Waals surface area contributed by atoms with Crippen LogP contribution >= 0.6 is 11.8 Å². The monoisotopic (exact) mass is 432 g/mol. The van der Waals surface area contributed by atoms with Crippen molar-refractivity contribution in [3.8, 4) is 0 Å². The van der Waals surface area contributed by atoms with Gasteiger partial charge in [-0.2, -0.15) is 0 Å². The molecule has 1 aliphatic heterocycles. The first-order chi connectivity index (χ1) is 14.5. The molecule has 0 saturated carbocycles. The third-order valence-electron chi connectivity index (χ3n) is 4.48. The standard InChI is InChI=1S/C20H24N4O5S/c1-3-29-18(26)14-11-21-19(27)22-16(14)12-30-20-23-15-8-5-4-7-13(15)17(25)24(20)9-6-10-28-2/h4-5,7-8H,3,6,9-12H2,1-2H3,(H2,21,22,27). The van der Waals surface area contributed by atoms with Gasteiger partial charge in [-0.1, -0.05) is 23.9 Å². The summed E-state index contributed by atoms with van der Waals surface area (Å²) in [4.78, 5) is 41.7. The molecule has 0 fully saturated rings. The van der Waals surface area contributed by atoms with Crippen molar-refractivity contribution in [2.45, 2.75) is 25.0 Å². The van der Waals surface area contributed by atoms with Crippen molar-refractivity contribution in [2.24, 2.45) is 0 Å². The fraction of sp³-hybridized carbons (Fsp3) is 0.400. The van der Waals surface area contributed by atoms with Crippen LogP contribution in [0.5, 0.6) is 0 Å². The highest BCUT2D eigenvalue weighted by Crippen LogP contribution is 2.22. The molecule has 160 valence electrons. The Balaban J connectivity index is 1.93. The number of methoxy groups -OCH3 is 1. The third kappa shape index (κ3) is 5.00. The molecule has 2 amide bonds. The predicted octanol–water partition coefficient (Wildman–Crippen LogP) is 1.66. The lowest BCUT2D eigenvalue weighted by Crippen LogP contribution is -2.44. The zero-order valence-electron chi connectivity index (χ0n) is 16.9. The molecule has 0 bridgehead atoms. The van der Waals surface area contributed by atoms with Crippen LogP contribution in [0.25, 0.3) is 10.9 Å². The van der Waals surface area contributed by atoms with E-state index in [2.05, 4.69) is 15.6 Å². The molecule has 0 atom stereocenters. The number of carbonyl (C=O) groups is 2. The lowest BCUT2D eigenvalue weighted by Gasteiger charge is -2.21. The first-order valence-corrected chi connectivity index (χ1v) is 10.6. The maximum absolute atomic E-state index is 13.0. The van der Waals surface area contributed by atoms with Gasteiger partial charge in [-0.25, -0.2) is 14.6 Å². The number of amides is 2. The molecule has 9 nitrogen and oxygen atoms in total. The van der Waals surface area contributed by atoms with Crippen LogP contribution < -0.4 is 16.2 Å². The highest BCUT2D eigenvalue weighted by Gasteiger charge is 2.24. The molecule has 2 aromatic rings. The zero-order chi connectivity index (χ0) is 21.5. The van der Waals surface area contributed by atoms with Crippen molar-refractivity contribution in [1.29, 1.82) is 0 Å². The zero-order valence-corrected chi connectivity index (χ0v) is 17.7. The Morgan fingerprint density at radius 1 is 1.30 bits per heavy atom. The van der Waals surface area contributed by atoms with Crippen molar-refractivity contribution >= 4 is 34.7 Å². The largest absolute Gasteiger partial charge is 0.463 e. The van der Waals surface area contributed by atoms with Gasteiger partial charge in [0.05, 0.1) is 29.6 Å². The van der Waals surface area contributed by atoms with Crippen molar-refractivity contribution < 1.29 is 19.1 Å². The summed E-state index contributed by atoms with van der Waals surface area (Å²) in [6.07, 6.45) is 0.654. The SMILES string of the molecule is CCOC(=O)C1=C(CSc2nc3ccccc3c(=O)n2CCCOC)NC(=O)NC1. The lowest BCUT2D eigenvalue weighted by molar-refractivity contribution is -0.138. The van der Waals surface area contributed by atoms with Crippen LogP contribution in [0.3, 0.4) is 0 Å². The number of carbonyl (C=O) groups excluding carboxylic acids is 2. The Morgan fingerprint density at radius 2 is 2.10 bits per heavy atom. The van der Waals surface area contributed by atoms with Gasteiger partial charge >= 0.3 is 12.0 Å². The van der Waals surface area contributed by atoms with E-state index >= 15 is 0 Å². The summed E-state index contributed by atoms with van der Waals surface area (Å²) >= 11 is 1.28. The first-order valence-electron chi connectivity index (χ1n) is 9.60. The fourth-order valence-electron chi connectivity index (χ4n) is 3.03. The van der Waals surface area contributed by atoms with Gasteiger partial charge in [0, 0.05) is 31.7 Å². The highest BCUT2D eigenvalue weighted by molar-refractivity contribution is 7.99. The number of ether oxygens (including phenoxy) is 2. The van der Waals surface area contributed by atoms with Crippen LogP contribution in [-0.4, -0.2) is 54.2 Å². The van der Waals surface area contributed by atoms with E-state index in [1.165, 1.54) is 11.8 Å². The van der Waals surface area contributed by atoms with E-state index in [-0.39, 0.29) is 30.5 Å². The van der Waals surface area contributed by atoms with Gasteiger partial charge in [0.15, 0.2) is 5.16 Å². The second-order valence-electron chi connectivity index (χ2n) is 6.49. The quantitative estimate of drug-likeness (QED) is 0.268. The second kappa shape index (κ2) is 10.3. The average molecular weight is 433 g/mol. The van der Waals surface area contributed by atoms with Crippen LogP contribution in [-0.2, 0) is 20.8 Å². The van der Waals surface area contributed by atoms with Crippen molar-refractivity contribution in [3.63, 3.8) is 0 Å². The summed E-state index contributed by atoms with van der Waals surface area (Å²) in [5.74, 6) is -0.221. The number of benzene rings is 1. The summed E-state index contributed by atoms with van der Waals surface area (Å²) in [6, 6.07) is 6.78. The molecule has 2 N–H and O–H groups in total. The minimum absolute atomic E-state index is 0.0896. The lowest BCUT2D eigenvalue weighted by atomic mass is 10.2. The van der Waals surface area contributed by atoms with Gasteiger partial charge in [-0.05, 0) is 25.5 Å². The Hall–Kier alpha value is -2.85. The smallest absolute Gasteiger partial charge is 0.337 e. The number of aromatic nitrogens is 2. The molecule has 0 unspecified atom stereocenters. The van der Waals surface area contributed by atoms with Gasteiger partial charge in [0.2, 0.25) is 0 Å². The maximum atomic E-state index is 13.0. The number of nitrogens with one attached hydrogen (secondary N) is 2. The summed E-state index contributed by atoms with van der Waals surface area (Å²) in [5.41, 5.74) is 1.28. The molecule has 1 aliphatic rings. The number of rotatable bonds is 9. The summed E-state index contributed by atoms with van der Waals surface area (Å²) < 4.78 is 11.8. The van der Waals surface area contributed by atoms with Crippen molar-refractivity contribution in [3.05, 3.63) is 45.9 Å². The van der Waals surface area contributed by atoms with Crippen molar-refractivity contribution in [1.82, 2.24) is 20.2 Å². The van der Waals surface area contributed by atoms with Gasteiger partial charge < -0.3 is 20.1 Å². The number of hydrogen-bond donors (Lipinski definition) is 2. The van der Waals surface area contributed by atoms with Crippen LogP contribution in [0.1, 0.15) is 13.3 Å². The second-order valence-corrected chi connectivity index (χ2v) is 7.43. The van der Waals surface area contributed by atoms with Gasteiger partial charge in [-0.3, -0.25) is 9.36 Å². The van der Waals surface area contributed by atoms with E-state index in [1.807, 2.05) is 6.07 Å². The molecule has 2 heterocycles. The van der Waals surface area contributed by atoms with Gasteiger partial charge in [0.25, 0.3) is 5.56 Å². The number of fused-ring (bicyclic) bond motifs is 1. The number of thioether (sulfide) groups is 1. The average Bonchev–Trinajstić information content (AvgIpc) is 2.74. The minimum Gasteiger partial charge on any atom is -0.463 e. The number of urea groups is 1. The normalized spacial score (nSPS) is 13.9. The Bertz CT molecular complexity index is 1030. The Labute approximate surface area is 177 Å². The first kappa shape index (κ1) is 21.8. The van der Waals surface area contributed by atoms with Crippen LogP contribution in [0.15, 0.2) is 45.5 Å². The van der Waals surface area contributed by atoms with Gasteiger partial charge in [0.1, 0.15) is 0 Å². The topological polar surface area (TPSA) is 112 Å². The van der Waals surface area contributed by atoms with E-state index < -0.39 is 5.97 Å². The highest BCUT2D eigenvalue weighted by atomic mass is 32.2. The number of para-hydroxylation sites is 1. The van der Waals surface area contributed by atoms with Crippen LogP contribution in [0.2, 0.25) is 0 Å². The van der Waals surface area contributed by atoms with E-state index in [4.69, 9.17) is 9.47 Å². The fourth-order valence-corrected chi connectivity index (χ4v) is 4.04. The number of nitrogens with zero attached hydrogens (tertiary/aromatic N) is 2. The van der Waals surface area contributed by atoms with Crippen molar-refractivity contribution in [2.75, 3.05) is 32.6 Å². The van der Waals surface area contributed by atoms with Crippen LogP contribution in [0, 0.1) is 0 Å². The number of esters is 1. The Kier molecular flexibility index (Phi) is 7.47. The summed E-state index contributed by atoms with van der Waals surface area (Å²) in [5, 5.41) is 6.30. The molecule has 30 heavy (non-hydrogen) atoms. The van der Waals surface area contributed by atoms with Gasteiger partial charge in [-0.15, -0.1) is 0 Å². The molecule has 1 aromatic carbocycles. The molecule has 0 aliphatic carbocycles. The summed E-state index contributed by atoms with van der Waals surface area (Å²) in [6.45, 7) is 3.02. The van der Waals surface area contributed by atoms with E-state index in [0.717, 1.165) is 0 Å². The number of hydrogen-bond acceptors (Lipinski definition) is 7. The van der Waals surface area contributed by atoms with E-state index in [0.29, 0.717) is 46.9 Å². The maximum Gasteiger partial charge on any atom is 0.337 e. The molecular formula is C20H24N4O5S. The molecule has 0 spiro atoms. The van der Waals surface area contributed by atoms with E-state index in [1.54, 1.807) is 36.8 Å². The van der Waals surface area contributed by atoms with E-state index in [9.17, 15) is 14.4 Å². The predicted molar refractivity (Wildman–Crippen MR) is 113 cm³/mol. The molecule has 10 heteroatoms. The molecule has 3 rings (SSSR count). The Morgan fingerprint density at radius 3 is 2.87 bits per heavy atom. The molecule has 1 aromatic heterocycles. The molecule has 0 saturated heterocycles. The van der Waals surface area contributed by atoms with Crippen LogP contribution in [0.4, 0.5) is 4.79 Å². The molecule has 0 radical (unpaired) electrons. The molecular weight excluding hydrogens is 408 g/mol. The minimum atomic E-state index is -0.482.